The Kier molecular flexibility index (Phi) is 8.62. The molecular formula is C58H37NS2. The van der Waals surface area contributed by atoms with Crippen LogP contribution in [0.4, 0.5) is 17.1 Å². The van der Waals surface area contributed by atoms with Crippen LogP contribution in [-0.2, 0) is 0 Å². The number of hydrogen-bond acceptors (Lipinski definition) is 3. The van der Waals surface area contributed by atoms with Crippen molar-refractivity contribution in [2.75, 3.05) is 4.90 Å². The number of hydrogen-bond donors (Lipinski definition) is 0. The van der Waals surface area contributed by atoms with Crippen molar-refractivity contribution in [1.29, 1.82) is 0 Å². The molecule has 2 aromatic heterocycles. The van der Waals surface area contributed by atoms with Crippen LogP contribution in [-0.4, -0.2) is 0 Å². The van der Waals surface area contributed by atoms with Crippen molar-refractivity contribution in [1.82, 2.24) is 0 Å². The molecule has 0 amide bonds. The maximum absolute atomic E-state index is 2.39. The lowest BCUT2D eigenvalue weighted by molar-refractivity contribution is 1.28. The molecule has 0 bridgehead atoms. The summed E-state index contributed by atoms with van der Waals surface area (Å²) in [6.07, 6.45) is 0. The first kappa shape index (κ1) is 35.6. The van der Waals surface area contributed by atoms with Crippen LogP contribution in [0, 0.1) is 0 Å². The fourth-order valence-electron chi connectivity index (χ4n) is 9.09. The van der Waals surface area contributed by atoms with Crippen LogP contribution >= 0.6 is 22.7 Å². The molecule has 0 N–H and O–H groups in total. The molecule has 2 heterocycles. The average Bonchev–Trinajstić information content (AvgIpc) is 3.90. The molecule has 12 rings (SSSR count). The van der Waals surface area contributed by atoms with Crippen molar-refractivity contribution in [2.45, 2.75) is 0 Å². The molecule has 286 valence electrons. The van der Waals surface area contributed by atoms with Gasteiger partial charge in [-0.3, -0.25) is 0 Å². The minimum Gasteiger partial charge on any atom is -0.310 e. The molecule has 3 heteroatoms. The van der Waals surface area contributed by atoms with Gasteiger partial charge in [0.1, 0.15) is 0 Å². The van der Waals surface area contributed by atoms with Crippen LogP contribution < -0.4 is 4.90 Å². The number of rotatable bonds is 7. The summed E-state index contributed by atoms with van der Waals surface area (Å²) in [6.45, 7) is 0. The second-order valence-electron chi connectivity index (χ2n) is 15.7. The summed E-state index contributed by atoms with van der Waals surface area (Å²) >= 11 is 3.74. The summed E-state index contributed by atoms with van der Waals surface area (Å²) in [6, 6.07) is 82.4. The van der Waals surface area contributed by atoms with E-state index in [4.69, 9.17) is 0 Å². The summed E-state index contributed by atoms with van der Waals surface area (Å²) in [7, 11) is 0. The third kappa shape index (κ3) is 6.29. The summed E-state index contributed by atoms with van der Waals surface area (Å²) < 4.78 is 5.30. The molecule has 0 aliphatic heterocycles. The lowest BCUT2D eigenvalue weighted by atomic mass is 9.95. The lowest BCUT2D eigenvalue weighted by Gasteiger charge is -2.26. The van der Waals surface area contributed by atoms with Crippen molar-refractivity contribution in [3.8, 4) is 44.5 Å². The predicted octanol–water partition coefficient (Wildman–Crippen LogP) is 17.7. The van der Waals surface area contributed by atoms with Crippen molar-refractivity contribution < 1.29 is 0 Å². The zero-order chi connectivity index (χ0) is 40.3. The lowest BCUT2D eigenvalue weighted by Crippen LogP contribution is -2.10. The minimum atomic E-state index is 1.10. The quantitative estimate of drug-likeness (QED) is 0.155. The fourth-order valence-corrected chi connectivity index (χ4v) is 11.5. The molecule has 0 aliphatic carbocycles. The van der Waals surface area contributed by atoms with Gasteiger partial charge < -0.3 is 4.90 Å². The first-order chi connectivity index (χ1) is 30.2. The zero-order valence-corrected chi connectivity index (χ0v) is 34.8. The van der Waals surface area contributed by atoms with Gasteiger partial charge in [0.2, 0.25) is 0 Å². The molecule has 0 saturated carbocycles. The Balaban J connectivity index is 0.947. The van der Waals surface area contributed by atoms with Crippen molar-refractivity contribution in [3.05, 3.63) is 224 Å². The molecular weight excluding hydrogens is 775 g/mol. The Morgan fingerprint density at radius 1 is 0.262 bits per heavy atom. The highest BCUT2D eigenvalue weighted by atomic mass is 32.1. The Hall–Kier alpha value is -7.30. The Morgan fingerprint density at radius 3 is 1.59 bits per heavy atom. The molecule has 1 nitrogen and oxygen atoms in total. The fraction of sp³-hybridized carbons (Fsp3) is 0. The average molecular weight is 812 g/mol. The van der Waals surface area contributed by atoms with Gasteiger partial charge in [-0.15, -0.1) is 22.7 Å². The van der Waals surface area contributed by atoms with Crippen LogP contribution in [0.5, 0.6) is 0 Å². The van der Waals surface area contributed by atoms with Crippen LogP contribution in [0.1, 0.15) is 0 Å². The number of benzene rings is 10. The number of nitrogens with zero attached hydrogens (tertiary/aromatic N) is 1. The third-order valence-electron chi connectivity index (χ3n) is 12.1. The molecule has 0 unspecified atom stereocenters. The number of anilines is 3. The maximum atomic E-state index is 2.39. The van der Waals surface area contributed by atoms with E-state index < -0.39 is 0 Å². The highest BCUT2D eigenvalue weighted by Crippen LogP contribution is 2.43. The van der Waals surface area contributed by atoms with E-state index in [0.717, 1.165) is 17.1 Å². The molecule has 12 aromatic rings. The topological polar surface area (TPSA) is 3.24 Å². The van der Waals surface area contributed by atoms with Gasteiger partial charge >= 0.3 is 0 Å². The summed E-state index contributed by atoms with van der Waals surface area (Å²) in [5.41, 5.74) is 13.0. The van der Waals surface area contributed by atoms with Gasteiger partial charge in [-0.1, -0.05) is 164 Å². The first-order valence-corrected chi connectivity index (χ1v) is 22.4. The van der Waals surface area contributed by atoms with E-state index in [2.05, 4.69) is 229 Å². The van der Waals surface area contributed by atoms with Crippen LogP contribution in [0.25, 0.3) is 95.6 Å². The smallest absolute Gasteiger partial charge is 0.0467 e. The summed E-state index contributed by atoms with van der Waals surface area (Å²) in [5.74, 6) is 0. The van der Waals surface area contributed by atoms with E-state index in [1.807, 2.05) is 22.7 Å². The Labute approximate surface area is 362 Å². The SMILES string of the molecule is c1cc(-c2cccc(N(c3ccc(-c4ccc5c(c4)sc4ccccc45)cc3)c3ccc(-c4cccc5c4sc4ccccc45)cc3)c2)cc(-c2cccc3ccccc23)c1. The Bertz CT molecular complexity index is 3590. The molecule has 0 atom stereocenters. The van der Waals surface area contributed by atoms with Gasteiger partial charge in [-0.25, -0.2) is 0 Å². The van der Waals surface area contributed by atoms with Gasteiger partial charge in [-0.2, -0.15) is 0 Å². The number of thiophene rings is 2. The van der Waals surface area contributed by atoms with Gasteiger partial charge in [0.15, 0.2) is 0 Å². The zero-order valence-electron chi connectivity index (χ0n) is 33.1. The molecule has 10 aromatic carbocycles. The maximum Gasteiger partial charge on any atom is 0.0467 e. The van der Waals surface area contributed by atoms with E-state index in [1.165, 1.54) is 95.6 Å². The third-order valence-corrected chi connectivity index (χ3v) is 14.4. The standard InChI is InChI=1S/C58H37NS2/c1-2-17-48-39(11-1)12-9-20-49(48)44-15-7-13-41(35-44)42-14-8-16-47(36-42)59(45-30-25-38(26-31-45)43-29-34-53-51-18-3-5-23-55(51)60-57(53)37-43)46-32-27-40(28-33-46)50-21-10-22-54-52-19-4-6-24-56(52)61-58(50)54/h1-37H. The monoisotopic (exact) mass is 811 g/mol. The van der Waals surface area contributed by atoms with Crippen LogP contribution in [0.3, 0.4) is 0 Å². The second kappa shape index (κ2) is 14.8. The minimum absolute atomic E-state index is 1.10. The largest absolute Gasteiger partial charge is 0.310 e. The highest BCUT2D eigenvalue weighted by molar-refractivity contribution is 7.26. The number of fused-ring (bicyclic) bond motifs is 7. The van der Waals surface area contributed by atoms with Crippen molar-refractivity contribution in [3.63, 3.8) is 0 Å². The van der Waals surface area contributed by atoms with Gasteiger partial charge in [0, 0.05) is 57.4 Å². The molecule has 0 aliphatic rings. The summed E-state index contributed by atoms with van der Waals surface area (Å²) in [5, 5.41) is 7.80. The van der Waals surface area contributed by atoms with Gasteiger partial charge in [0.05, 0.1) is 0 Å². The molecule has 0 saturated heterocycles. The van der Waals surface area contributed by atoms with Gasteiger partial charge in [-0.05, 0) is 116 Å². The first-order valence-electron chi connectivity index (χ1n) is 20.7. The van der Waals surface area contributed by atoms with Gasteiger partial charge in [0.25, 0.3) is 0 Å². The van der Waals surface area contributed by atoms with Crippen LogP contribution in [0.2, 0.25) is 0 Å². The summed E-state index contributed by atoms with van der Waals surface area (Å²) in [4.78, 5) is 2.39. The van der Waals surface area contributed by atoms with Crippen molar-refractivity contribution in [2.24, 2.45) is 0 Å². The van der Waals surface area contributed by atoms with E-state index in [1.54, 1.807) is 0 Å². The molecule has 0 radical (unpaired) electrons. The Morgan fingerprint density at radius 2 is 0.787 bits per heavy atom. The van der Waals surface area contributed by atoms with Crippen molar-refractivity contribution >= 4 is 90.9 Å². The molecule has 0 spiro atoms. The van der Waals surface area contributed by atoms with Crippen LogP contribution in [0.15, 0.2) is 224 Å². The molecule has 0 fully saturated rings. The highest BCUT2D eigenvalue weighted by Gasteiger charge is 2.17. The van der Waals surface area contributed by atoms with E-state index in [-0.39, 0.29) is 0 Å². The van der Waals surface area contributed by atoms with E-state index in [9.17, 15) is 0 Å². The molecule has 61 heavy (non-hydrogen) atoms. The normalized spacial score (nSPS) is 11.6. The predicted molar refractivity (Wildman–Crippen MR) is 266 cm³/mol. The van der Waals surface area contributed by atoms with E-state index >= 15 is 0 Å². The van der Waals surface area contributed by atoms with E-state index in [0.29, 0.717) is 0 Å². The second-order valence-corrected chi connectivity index (χ2v) is 17.8.